The van der Waals surface area contributed by atoms with Crippen molar-refractivity contribution in [3.05, 3.63) is 28.2 Å². The number of rotatable bonds is 5. The van der Waals surface area contributed by atoms with E-state index in [2.05, 4.69) is 56.6 Å². The van der Waals surface area contributed by atoms with Gasteiger partial charge in [-0.25, -0.2) is 0 Å². The van der Waals surface area contributed by atoms with E-state index >= 15 is 0 Å². The molecule has 1 fully saturated rings. The number of anilines is 1. The van der Waals surface area contributed by atoms with Crippen LogP contribution >= 0.6 is 15.9 Å². The van der Waals surface area contributed by atoms with Gasteiger partial charge < -0.3 is 15.5 Å². The zero-order valence-electron chi connectivity index (χ0n) is 12.8. The second-order valence-corrected chi connectivity index (χ2v) is 6.37. The summed E-state index contributed by atoms with van der Waals surface area (Å²) in [6.07, 6.45) is 2.05. The molecule has 5 heteroatoms. The van der Waals surface area contributed by atoms with Gasteiger partial charge >= 0.3 is 0 Å². The van der Waals surface area contributed by atoms with Crippen molar-refractivity contribution in [2.75, 3.05) is 31.6 Å². The molecular formula is C16H24BrN3O. The number of piperidine rings is 1. The van der Waals surface area contributed by atoms with Gasteiger partial charge in [-0.2, -0.15) is 0 Å². The Bertz CT molecular complexity index is 492. The standard InChI is InChI=1S/C16H24BrN3O/c1-3-19-10-13-9-14(17)6-7-15(13)20-8-4-5-12(11-20)16(21)18-2/h6-7,9,12,19H,3-5,8,10-11H2,1-2H3,(H,18,21). The summed E-state index contributed by atoms with van der Waals surface area (Å²) >= 11 is 3.55. The summed E-state index contributed by atoms with van der Waals surface area (Å²) in [4.78, 5) is 14.2. The molecule has 0 aliphatic carbocycles. The predicted molar refractivity (Wildman–Crippen MR) is 90.5 cm³/mol. The van der Waals surface area contributed by atoms with E-state index < -0.39 is 0 Å². The average Bonchev–Trinajstić information content (AvgIpc) is 2.52. The maximum Gasteiger partial charge on any atom is 0.224 e. The molecule has 1 unspecified atom stereocenters. The van der Waals surface area contributed by atoms with Gasteiger partial charge in [0.2, 0.25) is 5.91 Å². The molecule has 1 saturated heterocycles. The van der Waals surface area contributed by atoms with Crippen LogP contribution < -0.4 is 15.5 Å². The van der Waals surface area contributed by atoms with E-state index in [9.17, 15) is 4.79 Å². The topological polar surface area (TPSA) is 44.4 Å². The van der Waals surface area contributed by atoms with Crippen LogP contribution in [0.4, 0.5) is 5.69 Å². The molecule has 0 spiro atoms. The SMILES string of the molecule is CCNCc1cc(Br)ccc1N1CCCC(C(=O)NC)C1. The summed E-state index contributed by atoms with van der Waals surface area (Å²) in [5.41, 5.74) is 2.52. The van der Waals surface area contributed by atoms with E-state index in [0.29, 0.717) is 0 Å². The van der Waals surface area contributed by atoms with Gasteiger partial charge in [-0.1, -0.05) is 22.9 Å². The number of hydrogen-bond acceptors (Lipinski definition) is 3. The Kier molecular flexibility index (Phi) is 6.06. The van der Waals surface area contributed by atoms with Gasteiger partial charge in [-0.05, 0) is 43.1 Å². The molecule has 21 heavy (non-hydrogen) atoms. The lowest BCUT2D eigenvalue weighted by molar-refractivity contribution is -0.124. The van der Waals surface area contributed by atoms with Crippen LogP contribution in [0.15, 0.2) is 22.7 Å². The number of carbonyl (C=O) groups is 1. The first-order chi connectivity index (χ1) is 10.2. The first-order valence-corrected chi connectivity index (χ1v) is 8.40. The van der Waals surface area contributed by atoms with Gasteiger partial charge in [0, 0.05) is 36.8 Å². The van der Waals surface area contributed by atoms with Gasteiger partial charge in [0.25, 0.3) is 0 Å². The summed E-state index contributed by atoms with van der Waals surface area (Å²) in [7, 11) is 1.72. The van der Waals surface area contributed by atoms with Crippen LogP contribution in [0.25, 0.3) is 0 Å². The largest absolute Gasteiger partial charge is 0.370 e. The van der Waals surface area contributed by atoms with Gasteiger partial charge in [0.15, 0.2) is 0 Å². The Morgan fingerprint density at radius 1 is 1.48 bits per heavy atom. The molecule has 1 atom stereocenters. The van der Waals surface area contributed by atoms with Crippen molar-refractivity contribution < 1.29 is 4.79 Å². The molecule has 2 rings (SSSR count). The first kappa shape index (κ1) is 16.3. The van der Waals surface area contributed by atoms with E-state index in [1.807, 2.05) is 0 Å². The fraction of sp³-hybridized carbons (Fsp3) is 0.562. The van der Waals surface area contributed by atoms with Crippen LogP contribution in [-0.4, -0.2) is 32.6 Å². The van der Waals surface area contributed by atoms with Crippen LogP contribution in [0.5, 0.6) is 0 Å². The fourth-order valence-electron chi connectivity index (χ4n) is 2.88. The van der Waals surface area contributed by atoms with Crippen LogP contribution in [0.2, 0.25) is 0 Å². The van der Waals surface area contributed by atoms with Crippen molar-refractivity contribution in [2.24, 2.45) is 5.92 Å². The minimum Gasteiger partial charge on any atom is -0.370 e. The number of amides is 1. The average molecular weight is 354 g/mol. The lowest BCUT2D eigenvalue weighted by Crippen LogP contribution is -2.42. The molecule has 0 bridgehead atoms. The highest BCUT2D eigenvalue weighted by atomic mass is 79.9. The maximum absolute atomic E-state index is 11.9. The lowest BCUT2D eigenvalue weighted by atomic mass is 9.96. The molecule has 0 aromatic heterocycles. The second-order valence-electron chi connectivity index (χ2n) is 5.45. The van der Waals surface area contributed by atoms with Gasteiger partial charge in [0.05, 0.1) is 5.92 Å². The van der Waals surface area contributed by atoms with E-state index in [1.165, 1.54) is 11.3 Å². The predicted octanol–water partition coefficient (Wildman–Crippen LogP) is 2.52. The van der Waals surface area contributed by atoms with Crippen LogP contribution in [0, 0.1) is 5.92 Å². The molecular weight excluding hydrogens is 330 g/mol. The van der Waals surface area contributed by atoms with E-state index in [-0.39, 0.29) is 11.8 Å². The third-order valence-corrected chi connectivity index (χ3v) is 4.48. The van der Waals surface area contributed by atoms with Crippen LogP contribution in [0.3, 0.4) is 0 Å². The van der Waals surface area contributed by atoms with Crippen LogP contribution in [-0.2, 0) is 11.3 Å². The zero-order chi connectivity index (χ0) is 15.2. The Morgan fingerprint density at radius 3 is 3.00 bits per heavy atom. The van der Waals surface area contributed by atoms with Crippen LogP contribution in [0.1, 0.15) is 25.3 Å². The summed E-state index contributed by atoms with van der Waals surface area (Å²) in [5, 5.41) is 6.17. The van der Waals surface area contributed by atoms with Crippen molar-refractivity contribution in [3.63, 3.8) is 0 Å². The number of halogens is 1. The monoisotopic (exact) mass is 353 g/mol. The molecule has 0 saturated carbocycles. The minimum absolute atomic E-state index is 0.0966. The van der Waals surface area contributed by atoms with Gasteiger partial charge in [-0.15, -0.1) is 0 Å². The highest BCUT2D eigenvalue weighted by Gasteiger charge is 2.26. The molecule has 0 radical (unpaired) electrons. The smallest absolute Gasteiger partial charge is 0.224 e. The zero-order valence-corrected chi connectivity index (χ0v) is 14.4. The summed E-state index contributed by atoms with van der Waals surface area (Å²) in [6, 6.07) is 6.40. The Balaban J connectivity index is 2.18. The molecule has 116 valence electrons. The second kappa shape index (κ2) is 7.80. The van der Waals surface area contributed by atoms with Crippen molar-refractivity contribution in [2.45, 2.75) is 26.3 Å². The fourth-order valence-corrected chi connectivity index (χ4v) is 3.29. The number of hydrogen-bond donors (Lipinski definition) is 2. The summed E-state index contributed by atoms with van der Waals surface area (Å²) in [5.74, 6) is 0.254. The Hall–Kier alpha value is -1.07. The Labute approximate surface area is 135 Å². The minimum atomic E-state index is 0.0966. The molecule has 2 N–H and O–H groups in total. The normalized spacial score (nSPS) is 18.6. The van der Waals surface area contributed by atoms with E-state index in [4.69, 9.17) is 0 Å². The van der Waals surface area contributed by atoms with Gasteiger partial charge in [-0.3, -0.25) is 4.79 Å². The summed E-state index contributed by atoms with van der Waals surface area (Å²) < 4.78 is 1.10. The van der Waals surface area contributed by atoms with Crippen molar-refractivity contribution >= 4 is 27.5 Å². The van der Waals surface area contributed by atoms with Crippen molar-refractivity contribution in [3.8, 4) is 0 Å². The number of benzene rings is 1. The molecule has 1 aliphatic heterocycles. The quantitative estimate of drug-likeness (QED) is 0.854. The molecule has 1 aliphatic rings. The molecule has 1 amide bonds. The molecule has 4 nitrogen and oxygen atoms in total. The number of nitrogens with zero attached hydrogens (tertiary/aromatic N) is 1. The van der Waals surface area contributed by atoms with E-state index in [1.54, 1.807) is 7.05 Å². The van der Waals surface area contributed by atoms with Gasteiger partial charge in [0.1, 0.15) is 0 Å². The maximum atomic E-state index is 11.9. The molecule has 1 aromatic rings. The highest BCUT2D eigenvalue weighted by molar-refractivity contribution is 9.10. The third kappa shape index (κ3) is 4.20. The van der Waals surface area contributed by atoms with Crippen molar-refractivity contribution in [1.29, 1.82) is 0 Å². The first-order valence-electron chi connectivity index (χ1n) is 7.61. The molecule has 1 heterocycles. The van der Waals surface area contributed by atoms with Crippen molar-refractivity contribution in [1.82, 2.24) is 10.6 Å². The Morgan fingerprint density at radius 2 is 2.29 bits per heavy atom. The third-order valence-electron chi connectivity index (χ3n) is 3.99. The molecule has 1 aromatic carbocycles. The van der Waals surface area contributed by atoms with E-state index in [0.717, 1.165) is 43.5 Å². The lowest BCUT2D eigenvalue weighted by Gasteiger charge is -2.35. The highest BCUT2D eigenvalue weighted by Crippen LogP contribution is 2.29. The number of carbonyl (C=O) groups excluding carboxylic acids is 1. The summed E-state index contributed by atoms with van der Waals surface area (Å²) in [6.45, 7) is 5.74. The number of nitrogens with one attached hydrogen (secondary N) is 2.